The number of hydrogen-bond acceptors (Lipinski definition) is 4. The Balaban J connectivity index is 2.42. The first-order chi connectivity index (χ1) is 9.90. The van der Waals surface area contributed by atoms with Gasteiger partial charge in [0, 0.05) is 18.8 Å². The molecule has 2 rings (SSSR count). The average Bonchev–Trinajstić information content (AvgIpc) is 3.24. The highest BCUT2D eigenvalue weighted by molar-refractivity contribution is 7.89. The Hall–Kier alpha value is -1.27. The van der Waals surface area contributed by atoms with Crippen LogP contribution in [0.2, 0.25) is 0 Å². The summed E-state index contributed by atoms with van der Waals surface area (Å²) in [4.78, 5) is 0.169. The maximum absolute atomic E-state index is 12.9. The summed E-state index contributed by atoms with van der Waals surface area (Å²) >= 11 is 0. The van der Waals surface area contributed by atoms with Crippen molar-refractivity contribution in [1.82, 2.24) is 4.31 Å². The van der Waals surface area contributed by atoms with Gasteiger partial charge in [-0.25, -0.2) is 8.42 Å². The molecular weight excluding hydrogens is 288 g/mol. The molecular formula is C15H24N2O3S. The minimum atomic E-state index is -3.57. The molecule has 0 atom stereocenters. The molecule has 1 aliphatic rings. The van der Waals surface area contributed by atoms with Crippen molar-refractivity contribution < 1.29 is 13.2 Å². The van der Waals surface area contributed by atoms with Crippen molar-refractivity contribution in [1.29, 1.82) is 0 Å². The van der Waals surface area contributed by atoms with E-state index in [0.717, 1.165) is 24.8 Å². The molecule has 21 heavy (non-hydrogen) atoms. The number of ether oxygens (including phenoxy) is 1. The summed E-state index contributed by atoms with van der Waals surface area (Å²) in [7, 11) is -2.09. The molecule has 1 aromatic rings. The molecule has 1 fully saturated rings. The molecule has 0 heterocycles. The van der Waals surface area contributed by atoms with Crippen LogP contribution in [0.4, 0.5) is 5.69 Å². The van der Waals surface area contributed by atoms with E-state index in [1.165, 1.54) is 13.2 Å². The Labute approximate surface area is 127 Å². The molecule has 0 saturated heterocycles. The maximum Gasteiger partial charge on any atom is 0.246 e. The summed E-state index contributed by atoms with van der Waals surface area (Å²) in [6, 6.07) is 3.20. The van der Waals surface area contributed by atoms with E-state index in [1.807, 2.05) is 13.8 Å². The largest absolute Gasteiger partial charge is 0.495 e. The van der Waals surface area contributed by atoms with Crippen molar-refractivity contribution in [3.8, 4) is 5.75 Å². The second-order valence-corrected chi connectivity index (χ2v) is 7.57. The quantitative estimate of drug-likeness (QED) is 0.785. The number of aryl methyl sites for hydroxylation is 1. The molecule has 0 aliphatic heterocycles. The molecule has 0 radical (unpaired) electrons. The van der Waals surface area contributed by atoms with E-state index in [-0.39, 0.29) is 4.90 Å². The lowest BCUT2D eigenvalue weighted by atomic mass is 10.2. The molecule has 1 aliphatic carbocycles. The van der Waals surface area contributed by atoms with E-state index in [0.29, 0.717) is 30.4 Å². The molecule has 0 amide bonds. The van der Waals surface area contributed by atoms with E-state index in [1.54, 1.807) is 10.4 Å². The third kappa shape index (κ3) is 3.49. The third-order valence-electron chi connectivity index (χ3n) is 3.80. The molecule has 2 N–H and O–H groups in total. The fourth-order valence-electron chi connectivity index (χ4n) is 2.32. The van der Waals surface area contributed by atoms with Crippen LogP contribution < -0.4 is 10.5 Å². The van der Waals surface area contributed by atoms with Crippen molar-refractivity contribution in [2.24, 2.45) is 5.92 Å². The predicted molar refractivity (Wildman–Crippen MR) is 83.9 cm³/mol. The lowest BCUT2D eigenvalue weighted by Crippen LogP contribution is -2.34. The van der Waals surface area contributed by atoms with Crippen LogP contribution in [0.1, 0.15) is 31.7 Å². The van der Waals surface area contributed by atoms with Crippen LogP contribution in [0.15, 0.2) is 17.0 Å². The number of nitrogen functional groups attached to an aromatic ring is 1. The van der Waals surface area contributed by atoms with Gasteiger partial charge >= 0.3 is 0 Å². The molecule has 5 nitrogen and oxygen atoms in total. The van der Waals surface area contributed by atoms with Gasteiger partial charge in [0.2, 0.25) is 10.0 Å². The summed E-state index contributed by atoms with van der Waals surface area (Å²) in [6.07, 6.45) is 3.02. The van der Waals surface area contributed by atoms with Crippen molar-refractivity contribution in [2.75, 3.05) is 25.9 Å². The fourth-order valence-corrected chi connectivity index (χ4v) is 4.11. The smallest absolute Gasteiger partial charge is 0.246 e. The lowest BCUT2D eigenvalue weighted by Gasteiger charge is -2.23. The summed E-state index contributed by atoms with van der Waals surface area (Å²) in [5.41, 5.74) is 7.17. The zero-order chi connectivity index (χ0) is 15.6. The minimum absolute atomic E-state index is 0.169. The average molecular weight is 312 g/mol. The molecule has 0 spiro atoms. The van der Waals surface area contributed by atoms with Crippen LogP contribution in [0.5, 0.6) is 5.75 Å². The van der Waals surface area contributed by atoms with E-state index in [9.17, 15) is 8.42 Å². The predicted octanol–water partition coefficient (Wildman–Crippen LogP) is 2.40. The molecule has 0 unspecified atom stereocenters. The topological polar surface area (TPSA) is 72.6 Å². The Morgan fingerprint density at radius 2 is 2.05 bits per heavy atom. The standard InChI is InChI=1S/C15H24N2O3S/c1-4-7-17(10-12-5-6-12)21(18,19)15-9-13(16)11(2)8-14(15)20-3/h8-9,12H,4-7,10,16H2,1-3H3. The highest BCUT2D eigenvalue weighted by atomic mass is 32.2. The van der Waals surface area contributed by atoms with Gasteiger partial charge in [-0.05, 0) is 49.8 Å². The molecule has 1 saturated carbocycles. The van der Waals surface area contributed by atoms with Gasteiger partial charge < -0.3 is 10.5 Å². The van der Waals surface area contributed by atoms with Gasteiger partial charge in [0.15, 0.2) is 0 Å². The van der Waals surface area contributed by atoms with Gasteiger partial charge in [0.05, 0.1) is 7.11 Å². The molecule has 0 aromatic heterocycles. The Bertz CT molecular complexity index is 610. The molecule has 118 valence electrons. The van der Waals surface area contributed by atoms with Crippen LogP contribution in [-0.4, -0.2) is 32.9 Å². The number of benzene rings is 1. The first-order valence-corrected chi connectivity index (χ1v) is 8.78. The minimum Gasteiger partial charge on any atom is -0.495 e. The van der Waals surface area contributed by atoms with E-state index in [4.69, 9.17) is 10.5 Å². The van der Waals surface area contributed by atoms with Crippen LogP contribution in [0.3, 0.4) is 0 Å². The summed E-state index contributed by atoms with van der Waals surface area (Å²) in [6.45, 7) is 4.93. The SMILES string of the molecule is CCCN(CC1CC1)S(=O)(=O)c1cc(N)c(C)cc1OC. The second-order valence-electron chi connectivity index (χ2n) is 5.67. The maximum atomic E-state index is 12.9. The van der Waals surface area contributed by atoms with Gasteiger partial charge in [-0.1, -0.05) is 6.92 Å². The Kier molecular flexibility index (Phi) is 4.78. The third-order valence-corrected chi connectivity index (χ3v) is 5.69. The normalized spacial score (nSPS) is 15.4. The summed E-state index contributed by atoms with van der Waals surface area (Å²) in [5, 5.41) is 0. The number of sulfonamides is 1. The van der Waals surface area contributed by atoms with E-state index < -0.39 is 10.0 Å². The van der Waals surface area contributed by atoms with E-state index in [2.05, 4.69) is 0 Å². The van der Waals surface area contributed by atoms with Crippen LogP contribution in [-0.2, 0) is 10.0 Å². The number of hydrogen-bond donors (Lipinski definition) is 1. The van der Waals surface area contributed by atoms with Crippen LogP contribution in [0.25, 0.3) is 0 Å². The number of nitrogens with zero attached hydrogens (tertiary/aromatic N) is 1. The molecule has 1 aromatic carbocycles. The van der Waals surface area contributed by atoms with Gasteiger partial charge in [-0.15, -0.1) is 0 Å². The first-order valence-electron chi connectivity index (χ1n) is 7.34. The van der Waals surface area contributed by atoms with E-state index >= 15 is 0 Å². The van der Waals surface area contributed by atoms with Gasteiger partial charge in [0.1, 0.15) is 10.6 Å². The monoisotopic (exact) mass is 312 g/mol. The summed E-state index contributed by atoms with van der Waals surface area (Å²) < 4.78 is 32.7. The number of methoxy groups -OCH3 is 1. The van der Waals surface area contributed by atoms with Crippen molar-refractivity contribution in [3.05, 3.63) is 17.7 Å². The number of nitrogens with two attached hydrogens (primary N) is 1. The molecule has 0 bridgehead atoms. The van der Waals surface area contributed by atoms with Gasteiger partial charge in [-0.3, -0.25) is 0 Å². The zero-order valence-electron chi connectivity index (χ0n) is 12.9. The number of anilines is 1. The van der Waals surface area contributed by atoms with Crippen molar-refractivity contribution in [2.45, 2.75) is 38.0 Å². The van der Waals surface area contributed by atoms with Crippen LogP contribution in [0, 0.1) is 12.8 Å². The Morgan fingerprint density at radius 1 is 1.38 bits per heavy atom. The van der Waals surface area contributed by atoms with Crippen molar-refractivity contribution >= 4 is 15.7 Å². The molecule has 6 heteroatoms. The summed E-state index contributed by atoms with van der Waals surface area (Å²) in [5.74, 6) is 0.860. The first kappa shape index (κ1) is 16.1. The second kappa shape index (κ2) is 6.23. The zero-order valence-corrected chi connectivity index (χ0v) is 13.7. The van der Waals surface area contributed by atoms with Crippen LogP contribution >= 0.6 is 0 Å². The number of rotatable bonds is 7. The van der Waals surface area contributed by atoms with Crippen molar-refractivity contribution in [3.63, 3.8) is 0 Å². The Morgan fingerprint density at radius 3 is 2.57 bits per heavy atom. The highest BCUT2D eigenvalue weighted by Gasteiger charge is 2.33. The van der Waals surface area contributed by atoms with Gasteiger partial charge in [-0.2, -0.15) is 4.31 Å². The highest BCUT2D eigenvalue weighted by Crippen LogP contribution is 2.35. The fraction of sp³-hybridized carbons (Fsp3) is 0.600. The lowest BCUT2D eigenvalue weighted by molar-refractivity contribution is 0.380. The van der Waals surface area contributed by atoms with Gasteiger partial charge in [0.25, 0.3) is 0 Å².